The number of hydrogen-bond acceptors (Lipinski definition) is 3. The first-order chi connectivity index (χ1) is 13.4. The summed E-state index contributed by atoms with van der Waals surface area (Å²) >= 11 is 0. The van der Waals surface area contributed by atoms with Gasteiger partial charge in [0.05, 0.1) is 6.04 Å². The van der Waals surface area contributed by atoms with Crippen molar-refractivity contribution in [2.75, 3.05) is 5.32 Å². The Kier molecular flexibility index (Phi) is 5.73. The van der Waals surface area contributed by atoms with E-state index in [4.69, 9.17) is 0 Å². The lowest BCUT2D eigenvalue weighted by atomic mass is 9.82. The third kappa shape index (κ3) is 4.03. The number of nitrogens with one attached hydrogen (secondary N) is 2. The number of Topliss-reactive ketones (excluding diaryl/α,β-unsaturated/α-hetero) is 1. The second kappa shape index (κ2) is 8.21. The Labute approximate surface area is 164 Å². The summed E-state index contributed by atoms with van der Waals surface area (Å²) in [4.78, 5) is 36.7. The maximum atomic E-state index is 12.7. The Morgan fingerprint density at radius 3 is 2.54 bits per heavy atom. The predicted molar refractivity (Wildman–Crippen MR) is 110 cm³/mol. The van der Waals surface area contributed by atoms with E-state index >= 15 is 0 Å². The number of rotatable bonds is 5. The molecule has 0 aliphatic carbocycles. The smallest absolute Gasteiger partial charge is 0.252 e. The Hall–Kier alpha value is -3.21. The third-order valence-electron chi connectivity index (χ3n) is 5.14. The van der Waals surface area contributed by atoms with Gasteiger partial charge in [-0.1, -0.05) is 50.6 Å². The number of amides is 2. The molecule has 2 amide bonds. The molecule has 5 nitrogen and oxygen atoms in total. The molecule has 0 aromatic heterocycles. The lowest BCUT2D eigenvalue weighted by Gasteiger charge is -2.32. The molecule has 0 spiro atoms. The summed E-state index contributed by atoms with van der Waals surface area (Å²) in [6.07, 6.45) is 2.42. The van der Waals surface area contributed by atoms with Gasteiger partial charge in [0, 0.05) is 22.9 Å². The van der Waals surface area contributed by atoms with Crippen molar-refractivity contribution in [3.8, 4) is 0 Å². The molecule has 5 heteroatoms. The molecule has 0 bridgehead atoms. The molecule has 144 valence electrons. The minimum atomic E-state index is -0.296. The van der Waals surface area contributed by atoms with Crippen molar-refractivity contribution < 1.29 is 14.4 Å². The van der Waals surface area contributed by atoms with Gasteiger partial charge in [0.25, 0.3) is 5.91 Å². The number of hydrogen-bond donors (Lipinski definition) is 2. The first kappa shape index (κ1) is 19.5. The maximum Gasteiger partial charge on any atom is 0.252 e. The van der Waals surface area contributed by atoms with Crippen LogP contribution in [-0.4, -0.2) is 23.6 Å². The molecule has 2 aromatic rings. The van der Waals surface area contributed by atoms with E-state index in [1.807, 2.05) is 18.2 Å². The fourth-order valence-corrected chi connectivity index (χ4v) is 3.38. The van der Waals surface area contributed by atoms with Gasteiger partial charge in [-0.05, 0) is 42.2 Å². The second-order valence-corrected chi connectivity index (χ2v) is 7.11. The molecule has 0 unspecified atom stereocenters. The monoisotopic (exact) mass is 376 g/mol. The van der Waals surface area contributed by atoms with Crippen LogP contribution in [0.15, 0.2) is 54.6 Å². The van der Waals surface area contributed by atoms with Crippen molar-refractivity contribution in [1.29, 1.82) is 0 Å². The quantitative estimate of drug-likeness (QED) is 0.610. The van der Waals surface area contributed by atoms with Crippen molar-refractivity contribution in [1.82, 2.24) is 5.32 Å². The maximum absolute atomic E-state index is 12.7. The zero-order valence-corrected chi connectivity index (χ0v) is 16.3. The van der Waals surface area contributed by atoms with Crippen molar-refractivity contribution in [2.24, 2.45) is 5.92 Å². The van der Waals surface area contributed by atoms with Gasteiger partial charge in [0.1, 0.15) is 0 Å². The molecule has 0 radical (unpaired) electrons. The van der Waals surface area contributed by atoms with E-state index in [0.29, 0.717) is 16.8 Å². The Morgan fingerprint density at radius 2 is 1.86 bits per heavy atom. The van der Waals surface area contributed by atoms with Gasteiger partial charge >= 0.3 is 0 Å². The minimum absolute atomic E-state index is 0.0600. The molecular weight excluding hydrogens is 352 g/mol. The molecular formula is C23H24N2O3. The van der Waals surface area contributed by atoms with Crippen molar-refractivity contribution in [3.05, 3.63) is 71.3 Å². The molecule has 28 heavy (non-hydrogen) atoms. The molecule has 1 aliphatic rings. The topological polar surface area (TPSA) is 75.3 Å². The number of carbonyl (C=O) groups is 3. The number of benzene rings is 2. The Bertz CT molecular complexity index is 962. The fourth-order valence-electron chi connectivity index (χ4n) is 3.38. The highest BCUT2D eigenvalue weighted by atomic mass is 16.2. The summed E-state index contributed by atoms with van der Waals surface area (Å²) in [6, 6.07) is 13.9. The average molecular weight is 376 g/mol. The Morgan fingerprint density at radius 1 is 1.14 bits per heavy atom. The lowest BCUT2D eigenvalue weighted by molar-refractivity contribution is -0.111. The van der Waals surface area contributed by atoms with Crippen LogP contribution in [0.25, 0.3) is 5.57 Å². The summed E-state index contributed by atoms with van der Waals surface area (Å²) < 4.78 is 0. The van der Waals surface area contributed by atoms with Crippen LogP contribution in [0, 0.1) is 5.92 Å². The SMILES string of the molecule is CC[C@H](C)[C@@H]1NC(=O)c2ccccc2/C1=C/C(=O)Nc1cccc(C(C)=O)c1. The molecule has 0 fully saturated rings. The normalized spacial score (nSPS) is 18.2. The van der Waals surface area contributed by atoms with E-state index in [-0.39, 0.29) is 29.6 Å². The molecule has 1 aliphatic heterocycles. The zero-order chi connectivity index (χ0) is 20.3. The summed E-state index contributed by atoms with van der Waals surface area (Å²) in [5.41, 5.74) is 3.25. The molecule has 2 atom stereocenters. The van der Waals surface area contributed by atoms with Gasteiger partial charge < -0.3 is 10.6 Å². The van der Waals surface area contributed by atoms with E-state index in [1.54, 1.807) is 36.4 Å². The van der Waals surface area contributed by atoms with Crippen LogP contribution in [0.5, 0.6) is 0 Å². The first-order valence-corrected chi connectivity index (χ1v) is 9.44. The van der Waals surface area contributed by atoms with Crippen molar-refractivity contribution in [3.63, 3.8) is 0 Å². The van der Waals surface area contributed by atoms with Crippen LogP contribution in [-0.2, 0) is 4.79 Å². The molecule has 3 rings (SSSR count). The summed E-state index contributed by atoms with van der Waals surface area (Å²) in [7, 11) is 0. The summed E-state index contributed by atoms with van der Waals surface area (Å²) in [6.45, 7) is 5.60. The number of ketones is 1. The molecule has 2 aromatic carbocycles. The first-order valence-electron chi connectivity index (χ1n) is 9.44. The van der Waals surface area contributed by atoms with E-state index in [1.165, 1.54) is 6.92 Å². The highest BCUT2D eigenvalue weighted by molar-refractivity contribution is 6.10. The average Bonchev–Trinajstić information content (AvgIpc) is 2.69. The molecule has 2 N–H and O–H groups in total. The van der Waals surface area contributed by atoms with Crippen LogP contribution < -0.4 is 10.6 Å². The van der Waals surface area contributed by atoms with Gasteiger partial charge in [-0.3, -0.25) is 14.4 Å². The van der Waals surface area contributed by atoms with E-state index < -0.39 is 0 Å². The van der Waals surface area contributed by atoms with Crippen LogP contribution in [0.2, 0.25) is 0 Å². The third-order valence-corrected chi connectivity index (χ3v) is 5.14. The second-order valence-electron chi connectivity index (χ2n) is 7.11. The molecule has 0 saturated carbocycles. The van der Waals surface area contributed by atoms with Gasteiger partial charge in [-0.2, -0.15) is 0 Å². The van der Waals surface area contributed by atoms with Gasteiger partial charge in [-0.25, -0.2) is 0 Å². The Balaban J connectivity index is 1.95. The van der Waals surface area contributed by atoms with E-state index in [2.05, 4.69) is 24.5 Å². The molecule has 1 heterocycles. The summed E-state index contributed by atoms with van der Waals surface area (Å²) in [5, 5.41) is 5.86. The zero-order valence-electron chi connectivity index (χ0n) is 16.3. The van der Waals surface area contributed by atoms with Gasteiger partial charge in [0.2, 0.25) is 5.91 Å². The van der Waals surface area contributed by atoms with Crippen LogP contribution in [0.3, 0.4) is 0 Å². The van der Waals surface area contributed by atoms with Crippen molar-refractivity contribution in [2.45, 2.75) is 33.2 Å². The van der Waals surface area contributed by atoms with E-state index in [0.717, 1.165) is 17.6 Å². The predicted octanol–water partition coefficient (Wildman–Crippen LogP) is 4.07. The summed E-state index contributed by atoms with van der Waals surface area (Å²) in [5.74, 6) is -0.296. The highest BCUT2D eigenvalue weighted by Crippen LogP contribution is 2.31. The molecule has 0 saturated heterocycles. The number of anilines is 1. The van der Waals surface area contributed by atoms with Crippen molar-refractivity contribution >= 4 is 28.9 Å². The highest BCUT2D eigenvalue weighted by Gasteiger charge is 2.31. The number of carbonyl (C=O) groups excluding carboxylic acids is 3. The van der Waals surface area contributed by atoms with E-state index in [9.17, 15) is 14.4 Å². The largest absolute Gasteiger partial charge is 0.345 e. The van der Waals surface area contributed by atoms with Gasteiger partial charge in [-0.15, -0.1) is 0 Å². The van der Waals surface area contributed by atoms with Gasteiger partial charge in [0.15, 0.2) is 5.78 Å². The minimum Gasteiger partial charge on any atom is -0.345 e. The fraction of sp³-hybridized carbons (Fsp3) is 0.261. The van der Waals surface area contributed by atoms with Crippen LogP contribution in [0.4, 0.5) is 5.69 Å². The standard InChI is InChI=1S/C23H24N2O3/c1-4-14(2)22-20(18-10-5-6-11-19(18)23(28)25-22)13-21(27)24-17-9-7-8-16(12-17)15(3)26/h5-14,22H,4H2,1-3H3,(H,24,27)(H,25,28)/b20-13-/t14-,22-/m0/s1. The van der Waals surface area contributed by atoms with Crippen LogP contribution >= 0.6 is 0 Å². The number of fused-ring (bicyclic) bond motifs is 1. The van der Waals surface area contributed by atoms with Crippen LogP contribution in [0.1, 0.15) is 53.5 Å². The lowest BCUT2D eigenvalue weighted by Crippen LogP contribution is -2.44.